The fraction of sp³-hybridized carbons (Fsp3) is 0.440. The fourth-order valence-corrected chi connectivity index (χ4v) is 3.24. The predicted octanol–water partition coefficient (Wildman–Crippen LogP) is 4.08. The van der Waals surface area contributed by atoms with Gasteiger partial charge in [-0.15, -0.1) is 0 Å². The van der Waals surface area contributed by atoms with Crippen molar-refractivity contribution in [2.75, 3.05) is 26.9 Å². The molecule has 0 aliphatic rings. The zero-order chi connectivity index (χ0) is 24.2. The number of hydrogen-bond donors (Lipinski definition) is 1. The SMILES string of the molecule is COc1ccc(CN(C(=O)COc2ccccc2Cl)[C@@H](C)C(=O)NCCCOC(C)C)cc1. The molecule has 2 aromatic rings. The molecule has 0 bridgehead atoms. The second kappa shape index (κ2) is 13.7. The Morgan fingerprint density at radius 2 is 1.76 bits per heavy atom. The molecule has 2 amide bonds. The lowest BCUT2D eigenvalue weighted by molar-refractivity contribution is -0.142. The largest absolute Gasteiger partial charge is 0.497 e. The molecule has 33 heavy (non-hydrogen) atoms. The van der Waals surface area contributed by atoms with Crippen LogP contribution in [-0.4, -0.2) is 55.7 Å². The van der Waals surface area contributed by atoms with Gasteiger partial charge in [0.15, 0.2) is 6.61 Å². The van der Waals surface area contributed by atoms with Crippen molar-refractivity contribution in [2.45, 2.75) is 45.9 Å². The molecule has 0 aliphatic heterocycles. The molecule has 0 spiro atoms. The van der Waals surface area contributed by atoms with Gasteiger partial charge in [-0.1, -0.05) is 35.9 Å². The Balaban J connectivity index is 2.05. The van der Waals surface area contributed by atoms with E-state index in [1.54, 1.807) is 38.3 Å². The lowest BCUT2D eigenvalue weighted by Crippen LogP contribution is -2.49. The number of nitrogens with zero attached hydrogens (tertiary/aromatic N) is 1. The number of carbonyl (C=O) groups is 2. The maximum absolute atomic E-state index is 13.1. The normalized spacial score (nSPS) is 11.7. The summed E-state index contributed by atoms with van der Waals surface area (Å²) in [6.45, 7) is 6.68. The summed E-state index contributed by atoms with van der Waals surface area (Å²) in [7, 11) is 1.59. The van der Waals surface area contributed by atoms with Crippen LogP contribution in [0.25, 0.3) is 0 Å². The molecule has 1 N–H and O–H groups in total. The van der Waals surface area contributed by atoms with Gasteiger partial charge in [0.25, 0.3) is 5.91 Å². The number of para-hydroxylation sites is 1. The third-order valence-electron chi connectivity index (χ3n) is 4.94. The molecular weight excluding hydrogens is 444 g/mol. The van der Waals surface area contributed by atoms with Gasteiger partial charge in [-0.05, 0) is 57.0 Å². The van der Waals surface area contributed by atoms with E-state index in [1.165, 1.54) is 4.90 Å². The van der Waals surface area contributed by atoms with E-state index in [2.05, 4.69) is 5.32 Å². The van der Waals surface area contributed by atoms with E-state index in [4.69, 9.17) is 25.8 Å². The van der Waals surface area contributed by atoms with Gasteiger partial charge in [-0.3, -0.25) is 9.59 Å². The molecule has 1 atom stereocenters. The van der Waals surface area contributed by atoms with Crippen molar-refractivity contribution in [2.24, 2.45) is 0 Å². The van der Waals surface area contributed by atoms with Gasteiger partial charge in [0.1, 0.15) is 17.5 Å². The van der Waals surface area contributed by atoms with E-state index in [0.717, 1.165) is 5.56 Å². The van der Waals surface area contributed by atoms with Gasteiger partial charge < -0.3 is 24.4 Å². The van der Waals surface area contributed by atoms with Crippen LogP contribution >= 0.6 is 11.6 Å². The first-order valence-corrected chi connectivity index (χ1v) is 11.4. The minimum absolute atomic E-state index is 0.148. The van der Waals surface area contributed by atoms with Crippen LogP contribution < -0.4 is 14.8 Å². The minimum atomic E-state index is -0.694. The first-order chi connectivity index (χ1) is 15.8. The van der Waals surface area contributed by atoms with E-state index in [9.17, 15) is 9.59 Å². The van der Waals surface area contributed by atoms with Crippen molar-refractivity contribution in [3.63, 3.8) is 0 Å². The zero-order valence-electron chi connectivity index (χ0n) is 19.7. The highest BCUT2D eigenvalue weighted by Crippen LogP contribution is 2.23. The molecule has 0 aromatic heterocycles. The Bertz CT molecular complexity index is 889. The van der Waals surface area contributed by atoms with Crippen molar-refractivity contribution < 1.29 is 23.8 Å². The van der Waals surface area contributed by atoms with Gasteiger partial charge in [0.2, 0.25) is 5.91 Å². The van der Waals surface area contributed by atoms with Crippen molar-refractivity contribution in [1.82, 2.24) is 10.2 Å². The van der Waals surface area contributed by atoms with Crippen LogP contribution in [0.4, 0.5) is 0 Å². The molecule has 0 radical (unpaired) electrons. The van der Waals surface area contributed by atoms with Crippen LogP contribution in [0, 0.1) is 0 Å². The van der Waals surface area contributed by atoms with Crippen LogP contribution in [0.3, 0.4) is 0 Å². The average Bonchev–Trinajstić information content (AvgIpc) is 2.81. The molecule has 0 aliphatic carbocycles. The van der Waals surface area contributed by atoms with Gasteiger partial charge in [0, 0.05) is 19.7 Å². The first kappa shape index (κ1) is 26.5. The lowest BCUT2D eigenvalue weighted by Gasteiger charge is -2.29. The molecule has 0 saturated carbocycles. The van der Waals surface area contributed by atoms with Crippen LogP contribution in [-0.2, 0) is 20.9 Å². The quantitative estimate of drug-likeness (QED) is 0.441. The summed E-state index contributed by atoms with van der Waals surface area (Å²) < 4.78 is 16.3. The summed E-state index contributed by atoms with van der Waals surface area (Å²) in [5.41, 5.74) is 0.867. The highest BCUT2D eigenvalue weighted by Gasteiger charge is 2.26. The van der Waals surface area contributed by atoms with Crippen LogP contribution in [0.1, 0.15) is 32.8 Å². The van der Waals surface area contributed by atoms with E-state index in [0.29, 0.717) is 36.1 Å². The monoisotopic (exact) mass is 476 g/mol. The first-order valence-electron chi connectivity index (χ1n) is 11.0. The number of halogens is 1. The summed E-state index contributed by atoms with van der Waals surface area (Å²) in [5.74, 6) is 0.572. The third-order valence-corrected chi connectivity index (χ3v) is 5.25. The molecule has 2 rings (SSSR count). The second-order valence-electron chi connectivity index (χ2n) is 7.83. The van der Waals surface area contributed by atoms with Crippen molar-refractivity contribution in [1.29, 1.82) is 0 Å². The van der Waals surface area contributed by atoms with Crippen molar-refractivity contribution >= 4 is 23.4 Å². The summed E-state index contributed by atoms with van der Waals surface area (Å²) in [4.78, 5) is 27.4. The minimum Gasteiger partial charge on any atom is -0.497 e. The molecule has 0 unspecified atom stereocenters. The second-order valence-corrected chi connectivity index (χ2v) is 8.24. The van der Waals surface area contributed by atoms with Crippen molar-refractivity contribution in [3.05, 3.63) is 59.1 Å². The Morgan fingerprint density at radius 1 is 1.06 bits per heavy atom. The Morgan fingerprint density at radius 3 is 2.39 bits per heavy atom. The molecule has 8 heteroatoms. The predicted molar refractivity (Wildman–Crippen MR) is 129 cm³/mol. The highest BCUT2D eigenvalue weighted by atomic mass is 35.5. The summed E-state index contributed by atoms with van der Waals surface area (Å²) in [6, 6.07) is 13.6. The number of hydrogen-bond acceptors (Lipinski definition) is 5. The van der Waals surface area contributed by atoms with Gasteiger partial charge in [-0.25, -0.2) is 0 Å². The van der Waals surface area contributed by atoms with Gasteiger partial charge in [0.05, 0.1) is 18.2 Å². The standard InChI is InChI=1S/C25H33ClN2O5/c1-18(2)32-15-7-14-27-25(30)19(3)28(16-20-10-12-21(31-4)13-11-20)24(29)17-33-23-9-6-5-8-22(23)26/h5-6,8-13,18-19H,7,14-17H2,1-4H3,(H,27,30)/t19-/m0/s1. The van der Waals surface area contributed by atoms with E-state index in [-0.39, 0.29) is 31.1 Å². The molecule has 7 nitrogen and oxygen atoms in total. The molecule has 180 valence electrons. The van der Waals surface area contributed by atoms with Crippen LogP contribution in [0.15, 0.2) is 48.5 Å². The highest BCUT2D eigenvalue weighted by molar-refractivity contribution is 6.32. The number of carbonyl (C=O) groups excluding carboxylic acids is 2. The third kappa shape index (κ3) is 8.94. The van der Waals surface area contributed by atoms with Crippen molar-refractivity contribution in [3.8, 4) is 11.5 Å². The van der Waals surface area contributed by atoms with Crippen LogP contribution in [0.2, 0.25) is 5.02 Å². The van der Waals surface area contributed by atoms with Gasteiger partial charge in [-0.2, -0.15) is 0 Å². The van der Waals surface area contributed by atoms with Crippen LogP contribution in [0.5, 0.6) is 11.5 Å². The summed E-state index contributed by atoms with van der Waals surface area (Å²) in [5, 5.41) is 3.30. The Hall–Kier alpha value is -2.77. The molecule has 0 heterocycles. The molecular formula is C25H33ClN2O5. The summed E-state index contributed by atoms with van der Waals surface area (Å²) in [6.07, 6.45) is 0.842. The fourth-order valence-electron chi connectivity index (χ4n) is 3.04. The maximum atomic E-state index is 13.1. The van der Waals surface area contributed by atoms with E-state index >= 15 is 0 Å². The maximum Gasteiger partial charge on any atom is 0.261 e. The molecule has 2 aromatic carbocycles. The number of nitrogens with one attached hydrogen (secondary N) is 1. The number of ether oxygens (including phenoxy) is 3. The Kier molecular flexibility index (Phi) is 11.0. The molecule has 0 fully saturated rings. The van der Waals surface area contributed by atoms with E-state index < -0.39 is 6.04 Å². The number of rotatable bonds is 13. The average molecular weight is 477 g/mol. The van der Waals surface area contributed by atoms with Gasteiger partial charge >= 0.3 is 0 Å². The smallest absolute Gasteiger partial charge is 0.261 e. The lowest BCUT2D eigenvalue weighted by atomic mass is 10.1. The Labute approximate surface area is 201 Å². The zero-order valence-corrected chi connectivity index (χ0v) is 20.4. The topological polar surface area (TPSA) is 77.1 Å². The summed E-state index contributed by atoms with van der Waals surface area (Å²) >= 11 is 6.12. The van der Waals surface area contributed by atoms with E-state index in [1.807, 2.05) is 38.1 Å². The number of methoxy groups -OCH3 is 1. The number of benzene rings is 2. The number of amides is 2. The molecule has 0 saturated heterocycles.